The van der Waals surface area contributed by atoms with Crippen molar-refractivity contribution in [2.45, 2.75) is 106 Å². The van der Waals surface area contributed by atoms with Gasteiger partial charge in [0.05, 0.1) is 18.1 Å². The Bertz CT molecular complexity index is 2770. The van der Waals surface area contributed by atoms with E-state index in [4.69, 9.17) is 4.74 Å². The maximum atomic E-state index is 16.0. The highest BCUT2D eigenvalue weighted by Crippen LogP contribution is 2.39. The summed E-state index contributed by atoms with van der Waals surface area (Å²) >= 11 is 0. The number of piperazine rings is 2. The van der Waals surface area contributed by atoms with E-state index in [9.17, 15) is 15.0 Å². The number of carbonyl (C=O) groups excluding carboxylic acids is 1. The van der Waals surface area contributed by atoms with E-state index in [0.29, 0.717) is 47.6 Å². The van der Waals surface area contributed by atoms with Crippen LogP contribution in [0.15, 0.2) is 72.9 Å². The number of anilines is 1. The van der Waals surface area contributed by atoms with Crippen LogP contribution in [0, 0.1) is 12.7 Å². The first-order valence-electron chi connectivity index (χ1n) is 25.8. The maximum absolute atomic E-state index is 16.0. The van der Waals surface area contributed by atoms with Gasteiger partial charge >= 0.3 is 6.01 Å². The second-order valence-electron chi connectivity index (χ2n) is 19.2. The van der Waals surface area contributed by atoms with Crippen molar-refractivity contribution in [3.63, 3.8) is 0 Å². The van der Waals surface area contributed by atoms with Gasteiger partial charge < -0.3 is 35.0 Å². The van der Waals surface area contributed by atoms with Gasteiger partial charge in [0.1, 0.15) is 28.5 Å². The number of aromatic hydroxyl groups is 2. The van der Waals surface area contributed by atoms with Crippen LogP contribution < -0.4 is 15.0 Å². The number of hydrogen-bond acceptors (Lipinski definition) is 12. The predicted molar refractivity (Wildman–Crippen MR) is 285 cm³/mol. The van der Waals surface area contributed by atoms with Crippen molar-refractivity contribution < 1.29 is 24.1 Å². The molecule has 0 bridgehead atoms. The molecule has 13 nitrogen and oxygen atoms in total. The third kappa shape index (κ3) is 12.1. The summed E-state index contributed by atoms with van der Waals surface area (Å²) in [5.74, 6) is -0.0473. The molecule has 0 aliphatic carbocycles. The fourth-order valence-corrected chi connectivity index (χ4v) is 10.2. The largest absolute Gasteiger partial charge is 0.508 e. The lowest BCUT2D eigenvalue weighted by molar-refractivity contribution is 0.0748. The summed E-state index contributed by atoms with van der Waals surface area (Å²) in [5.41, 5.74) is 6.91. The molecule has 3 atom stereocenters. The number of aryl methyl sites for hydroxylation is 1. The van der Waals surface area contributed by atoms with E-state index in [1.165, 1.54) is 50.2 Å². The van der Waals surface area contributed by atoms with Gasteiger partial charge in [-0.25, -0.2) is 4.39 Å². The van der Waals surface area contributed by atoms with Gasteiger partial charge in [-0.3, -0.25) is 19.6 Å². The first kappa shape index (κ1) is 52.9. The highest BCUT2D eigenvalue weighted by Gasteiger charge is 2.44. The molecule has 3 unspecified atom stereocenters. The fourth-order valence-electron chi connectivity index (χ4n) is 10.2. The van der Waals surface area contributed by atoms with Crippen molar-refractivity contribution in [3.8, 4) is 28.8 Å². The number of methoxy groups -OCH3 is 1. The number of phenolic OH excluding ortho intramolecular Hbond substituents is 2. The minimum Gasteiger partial charge on any atom is -0.508 e. The molecule has 3 N–H and O–H groups in total. The zero-order valence-corrected chi connectivity index (χ0v) is 43.7. The van der Waals surface area contributed by atoms with E-state index in [1.807, 2.05) is 84.9 Å². The van der Waals surface area contributed by atoms with Crippen LogP contribution in [0.2, 0.25) is 0 Å². The number of pyridine rings is 1. The third-order valence-corrected chi connectivity index (χ3v) is 14.0. The quantitative estimate of drug-likeness (QED) is 0.132. The molecule has 4 aromatic carbocycles. The molecule has 11 rings (SSSR count). The van der Waals surface area contributed by atoms with E-state index >= 15 is 4.39 Å². The number of carbonyl (C=O) groups is 1. The average molecular weight is 970 g/mol. The molecular formula is C57H76FN9O4. The number of halogens is 1. The molecular weight excluding hydrogens is 894 g/mol. The van der Waals surface area contributed by atoms with Crippen LogP contribution in [0.5, 0.6) is 17.5 Å². The summed E-state index contributed by atoms with van der Waals surface area (Å²) in [6.07, 6.45) is 4.54. The Kier molecular flexibility index (Phi) is 17.9. The topological polar surface area (TPSA) is 133 Å². The zero-order chi connectivity index (χ0) is 50.9. The van der Waals surface area contributed by atoms with Crippen LogP contribution in [0.4, 0.5) is 10.2 Å². The number of amides is 1. The Labute approximate surface area is 420 Å². The first-order chi connectivity index (χ1) is 34.4. The lowest BCUT2D eigenvalue weighted by atomic mass is 9.97. The number of hydrogen-bond donors (Lipinski definition) is 3. The average Bonchev–Trinajstić information content (AvgIpc) is 3.81. The Morgan fingerprint density at radius 1 is 0.873 bits per heavy atom. The molecule has 0 radical (unpaired) electrons. The monoisotopic (exact) mass is 970 g/mol. The molecule has 7 heterocycles. The molecule has 5 aliphatic rings. The summed E-state index contributed by atoms with van der Waals surface area (Å²) in [4.78, 5) is 37.9. The van der Waals surface area contributed by atoms with Gasteiger partial charge in [-0.1, -0.05) is 96.1 Å². The van der Waals surface area contributed by atoms with Crippen LogP contribution in [0.25, 0.3) is 32.9 Å². The molecule has 6 aromatic rings. The van der Waals surface area contributed by atoms with E-state index in [2.05, 4.69) is 72.0 Å². The van der Waals surface area contributed by atoms with Crippen LogP contribution in [0.3, 0.4) is 0 Å². The van der Waals surface area contributed by atoms with Crippen molar-refractivity contribution in [2.24, 2.45) is 0 Å². The summed E-state index contributed by atoms with van der Waals surface area (Å²) in [7, 11) is 3.69. The van der Waals surface area contributed by atoms with Gasteiger partial charge in [0.25, 0.3) is 5.91 Å². The lowest BCUT2D eigenvalue weighted by Crippen LogP contribution is -2.44. The maximum Gasteiger partial charge on any atom is 0.318 e. The van der Waals surface area contributed by atoms with Crippen molar-refractivity contribution in [1.82, 2.24) is 39.9 Å². The number of ether oxygens (including phenoxy) is 1. The highest BCUT2D eigenvalue weighted by atomic mass is 19.1. The fraction of sp³-hybridized carbons (Fsp3) is 0.474. The molecule has 2 aromatic heterocycles. The van der Waals surface area contributed by atoms with E-state index in [0.717, 1.165) is 79.8 Å². The van der Waals surface area contributed by atoms with Crippen molar-refractivity contribution in [1.29, 1.82) is 0 Å². The molecule has 0 saturated carbocycles. The molecule has 1 amide bonds. The summed E-state index contributed by atoms with van der Waals surface area (Å²) < 4.78 is 21.4. The Hall–Kier alpha value is -5.93. The van der Waals surface area contributed by atoms with Gasteiger partial charge in [-0.05, 0) is 97.4 Å². The lowest BCUT2D eigenvalue weighted by Gasteiger charge is -2.33. The molecule has 380 valence electrons. The van der Waals surface area contributed by atoms with Gasteiger partial charge in [-0.15, -0.1) is 0 Å². The number of fused-ring (bicyclic) bond motifs is 4. The van der Waals surface area contributed by atoms with Crippen molar-refractivity contribution in [2.75, 3.05) is 78.0 Å². The number of nitrogens with zero attached hydrogens (tertiary/aromatic N) is 8. The van der Waals surface area contributed by atoms with Crippen LogP contribution in [0.1, 0.15) is 105 Å². The molecule has 4 saturated heterocycles. The minimum atomic E-state index is -0.446. The smallest absolute Gasteiger partial charge is 0.318 e. The number of rotatable bonds is 7. The van der Waals surface area contributed by atoms with E-state index < -0.39 is 5.82 Å². The van der Waals surface area contributed by atoms with Gasteiger partial charge in [-0.2, -0.15) is 9.97 Å². The molecule has 4 fully saturated rings. The molecule has 71 heavy (non-hydrogen) atoms. The first-order valence-corrected chi connectivity index (χ1v) is 25.8. The number of benzene rings is 4. The second kappa shape index (κ2) is 24.0. The van der Waals surface area contributed by atoms with Crippen LogP contribution in [-0.2, 0) is 19.6 Å². The SMILES string of the molecule is CC.CC.CC(C)c1cc(C(=O)N2Cc3ccc(CN4CCNCC4)cc3C2)c(O)cc1O.CN1CCCC1.COc1nc(N2CC(C)N3CC3C2)c2cnc(-c3cccc4cccc(C)c34)c(F)c2n1. The van der Waals surface area contributed by atoms with E-state index in [-0.39, 0.29) is 40.4 Å². The molecule has 0 spiro atoms. The summed E-state index contributed by atoms with van der Waals surface area (Å²) in [6.45, 7) is 27.8. The summed E-state index contributed by atoms with van der Waals surface area (Å²) in [6, 6.07) is 22.5. The van der Waals surface area contributed by atoms with Gasteiger partial charge in [0, 0.05) is 95.4 Å². The van der Waals surface area contributed by atoms with Gasteiger partial charge in [0.2, 0.25) is 0 Å². The normalized spacial score (nSPS) is 19.3. The molecule has 5 aliphatic heterocycles. The number of aromatic nitrogens is 3. The molecule has 14 heteroatoms. The second-order valence-corrected chi connectivity index (χ2v) is 19.2. The van der Waals surface area contributed by atoms with Gasteiger partial charge in [0.15, 0.2) is 5.82 Å². The van der Waals surface area contributed by atoms with Crippen LogP contribution >= 0.6 is 0 Å². The predicted octanol–water partition coefficient (Wildman–Crippen LogP) is 9.74. The number of phenols is 2. The number of likely N-dealkylation sites (tertiary alicyclic amines) is 1. The van der Waals surface area contributed by atoms with Crippen LogP contribution in [-0.4, -0.2) is 136 Å². The summed E-state index contributed by atoms with van der Waals surface area (Å²) in [5, 5.41) is 26.3. The minimum absolute atomic E-state index is 0.0244. The Balaban J connectivity index is 0.000000176. The van der Waals surface area contributed by atoms with E-state index in [1.54, 1.807) is 17.2 Å². The standard InChI is InChI=1S/C25H24FN5O.C23H29N3O3.C5H11N.2C2H6/c1-14-6-4-7-16-8-5-9-18(20(14)16)22-21(26)23-19(10-27-22)24(29-25(28-23)32-3)30-11-15(2)31-13-17(31)12-30;1-15(2)19-10-20(22(28)11-21(19)27)23(29)26-13-17-4-3-16(9-18(17)14-26)12-25-7-5-24-6-8-25;1-6-4-2-3-5-6;2*1-2/h4-10,15,17H,11-13H2,1-3H3;3-4,9-11,15,24,27-28H,5-8,12-14H2,1-2H3;2-5H2,1H3;2*1-2H3. The zero-order valence-electron chi connectivity index (χ0n) is 43.7. The Morgan fingerprint density at radius 2 is 1.58 bits per heavy atom. The third-order valence-electron chi connectivity index (χ3n) is 14.0. The number of nitrogens with one attached hydrogen (secondary N) is 1. The van der Waals surface area contributed by atoms with Crippen molar-refractivity contribution in [3.05, 3.63) is 112 Å². The Morgan fingerprint density at radius 3 is 2.24 bits per heavy atom. The van der Waals surface area contributed by atoms with Crippen molar-refractivity contribution >= 4 is 33.4 Å². The highest BCUT2D eigenvalue weighted by molar-refractivity contribution is 6.01.